The van der Waals surface area contributed by atoms with Crippen molar-refractivity contribution in [1.29, 1.82) is 0 Å². The van der Waals surface area contributed by atoms with Crippen molar-refractivity contribution in [2.24, 2.45) is 5.92 Å². The summed E-state index contributed by atoms with van der Waals surface area (Å²) in [6.45, 7) is 14.2. The van der Waals surface area contributed by atoms with Crippen LogP contribution in [0.3, 0.4) is 0 Å². The van der Waals surface area contributed by atoms with Gasteiger partial charge < -0.3 is 10.6 Å². The van der Waals surface area contributed by atoms with Crippen LogP contribution < -0.4 is 16.2 Å². The Bertz CT molecular complexity index is 1270. The topological polar surface area (TPSA) is 110 Å². The summed E-state index contributed by atoms with van der Waals surface area (Å²) < 4.78 is 3.38. The summed E-state index contributed by atoms with van der Waals surface area (Å²) in [5.74, 6) is 0.427. The van der Waals surface area contributed by atoms with Crippen LogP contribution in [0.2, 0.25) is 0 Å². The summed E-state index contributed by atoms with van der Waals surface area (Å²) in [4.78, 5) is 38.5. The first kappa shape index (κ1) is 25.7. The third-order valence-electron chi connectivity index (χ3n) is 5.22. The van der Waals surface area contributed by atoms with Crippen molar-refractivity contribution in [2.45, 2.75) is 78.2 Å². The molecule has 0 saturated heterocycles. The van der Waals surface area contributed by atoms with Gasteiger partial charge in [-0.25, -0.2) is 0 Å². The summed E-state index contributed by atoms with van der Waals surface area (Å²) in [7, 11) is 0. The fraction of sp³-hybridized carbons (Fsp3) is 0.542. The first-order valence-electron chi connectivity index (χ1n) is 11.6. The molecule has 0 saturated carbocycles. The van der Waals surface area contributed by atoms with Gasteiger partial charge in [0, 0.05) is 23.7 Å². The van der Waals surface area contributed by atoms with Gasteiger partial charge in [0.25, 0.3) is 11.5 Å². The highest BCUT2D eigenvalue weighted by Gasteiger charge is 2.21. The van der Waals surface area contributed by atoms with Crippen LogP contribution in [-0.2, 0) is 11.3 Å². The molecule has 9 nitrogen and oxygen atoms in total. The van der Waals surface area contributed by atoms with Gasteiger partial charge in [-0.1, -0.05) is 32.5 Å². The van der Waals surface area contributed by atoms with Crippen LogP contribution in [0, 0.1) is 5.92 Å². The Hall–Kier alpha value is -2.88. The van der Waals surface area contributed by atoms with Crippen LogP contribution in [0.4, 0.5) is 0 Å². The third-order valence-corrected chi connectivity index (χ3v) is 6.15. The third kappa shape index (κ3) is 5.78. The van der Waals surface area contributed by atoms with Crippen LogP contribution >= 0.6 is 11.8 Å². The fourth-order valence-electron chi connectivity index (χ4n) is 3.54. The van der Waals surface area contributed by atoms with Crippen molar-refractivity contribution in [3.8, 4) is 0 Å². The number of fused-ring (bicyclic) bond motifs is 3. The van der Waals surface area contributed by atoms with Gasteiger partial charge in [0.15, 0.2) is 5.16 Å². The number of nitrogens with zero attached hydrogens (tertiary/aromatic N) is 4. The molecule has 184 valence electrons. The second-order valence-electron chi connectivity index (χ2n) is 10.0. The maximum atomic E-state index is 13.3. The number of aromatic nitrogens is 4. The van der Waals surface area contributed by atoms with E-state index in [0.717, 1.165) is 6.42 Å². The molecular weight excluding hydrogens is 452 g/mol. The first-order chi connectivity index (χ1) is 15.9. The quantitative estimate of drug-likeness (QED) is 0.473. The normalized spacial score (nSPS) is 12.9. The van der Waals surface area contributed by atoms with Gasteiger partial charge in [-0.3, -0.25) is 23.4 Å². The van der Waals surface area contributed by atoms with Gasteiger partial charge in [0.2, 0.25) is 11.7 Å². The minimum atomic E-state index is -0.340. The Kier molecular flexibility index (Phi) is 7.70. The molecule has 2 amide bonds. The van der Waals surface area contributed by atoms with Crippen LogP contribution in [0.5, 0.6) is 0 Å². The molecule has 1 atom stereocenters. The van der Waals surface area contributed by atoms with E-state index in [1.807, 2.05) is 48.5 Å². The molecule has 3 aromatic rings. The Labute approximate surface area is 203 Å². The lowest BCUT2D eigenvalue weighted by Gasteiger charge is -2.20. The summed E-state index contributed by atoms with van der Waals surface area (Å²) in [6, 6.07) is 5.08. The smallest absolute Gasteiger partial charge is 0.262 e. The number of carbonyl (C=O) groups excluding carboxylic acids is 2. The van der Waals surface area contributed by atoms with Gasteiger partial charge in [0.05, 0.1) is 16.7 Å². The highest BCUT2D eigenvalue weighted by atomic mass is 32.2. The number of thioether (sulfide) groups is 1. The number of carbonyl (C=O) groups is 2. The highest BCUT2D eigenvalue weighted by molar-refractivity contribution is 7.99. The molecular formula is C24H34N6O3S. The molecule has 0 aliphatic rings. The number of rotatable bonds is 8. The first-order valence-corrected chi connectivity index (χ1v) is 12.6. The van der Waals surface area contributed by atoms with Crippen molar-refractivity contribution >= 4 is 40.3 Å². The monoisotopic (exact) mass is 486 g/mol. The van der Waals surface area contributed by atoms with E-state index in [9.17, 15) is 14.4 Å². The molecule has 0 aliphatic heterocycles. The second-order valence-corrected chi connectivity index (χ2v) is 11.0. The predicted octanol–water partition coefficient (Wildman–Crippen LogP) is 3.24. The van der Waals surface area contributed by atoms with E-state index in [4.69, 9.17) is 0 Å². The van der Waals surface area contributed by atoms with Crippen LogP contribution in [0.25, 0.3) is 16.7 Å². The van der Waals surface area contributed by atoms with E-state index >= 15 is 0 Å². The van der Waals surface area contributed by atoms with E-state index < -0.39 is 0 Å². The van der Waals surface area contributed by atoms with E-state index in [2.05, 4.69) is 20.8 Å². The summed E-state index contributed by atoms with van der Waals surface area (Å²) in [5, 5.41) is 15.4. The van der Waals surface area contributed by atoms with Crippen LogP contribution in [-0.4, -0.2) is 48.3 Å². The standard InChI is InChI=1S/C24H34N6O3S/c1-8-15(4)25-20(32)16-9-10-17-18(11-16)30-22(29(21(17)33)12-14(2)3)27-28-23(30)34-13-19(31)26-24(5,6)7/h9-11,14-15H,8,12-13H2,1-7H3,(H,25,32)(H,26,31). The maximum absolute atomic E-state index is 13.3. The number of hydrogen-bond acceptors (Lipinski definition) is 6. The largest absolute Gasteiger partial charge is 0.351 e. The van der Waals surface area contributed by atoms with E-state index in [-0.39, 0.29) is 40.6 Å². The zero-order valence-corrected chi connectivity index (χ0v) is 21.7. The lowest BCUT2D eigenvalue weighted by molar-refractivity contribution is -0.119. The van der Waals surface area contributed by atoms with Gasteiger partial charge in [-0.2, -0.15) is 0 Å². The molecule has 3 rings (SSSR count). The molecule has 0 bridgehead atoms. The Morgan fingerprint density at radius 2 is 1.85 bits per heavy atom. The maximum Gasteiger partial charge on any atom is 0.262 e. The second kappa shape index (κ2) is 10.2. The zero-order chi connectivity index (χ0) is 25.2. The lowest BCUT2D eigenvalue weighted by atomic mass is 10.1. The van der Waals surface area contributed by atoms with Crippen molar-refractivity contribution in [3.05, 3.63) is 34.1 Å². The minimum Gasteiger partial charge on any atom is -0.351 e. The highest BCUT2D eigenvalue weighted by Crippen LogP contribution is 2.23. The van der Waals surface area contributed by atoms with E-state index in [0.29, 0.717) is 33.9 Å². The summed E-state index contributed by atoms with van der Waals surface area (Å²) in [5.41, 5.74) is 0.470. The average molecular weight is 487 g/mol. The molecule has 0 radical (unpaired) electrons. The van der Waals surface area contributed by atoms with Crippen LogP contribution in [0.1, 0.15) is 65.2 Å². The summed E-state index contributed by atoms with van der Waals surface area (Å²) >= 11 is 1.24. The minimum absolute atomic E-state index is 0.0321. The van der Waals surface area contributed by atoms with E-state index in [1.54, 1.807) is 27.2 Å². The molecule has 1 unspecified atom stereocenters. The molecule has 10 heteroatoms. The number of hydrogen-bond donors (Lipinski definition) is 2. The zero-order valence-electron chi connectivity index (χ0n) is 20.9. The van der Waals surface area contributed by atoms with Gasteiger partial charge in [-0.05, 0) is 58.2 Å². The number of nitrogens with one attached hydrogen (secondary N) is 2. The number of benzene rings is 1. The molecule has 34 heavy (non-hydrogen) atoms. The Morgan fingerprint density at radius 1 is 1.15 bits per heavy atom. The Morgan fingerprint density at radius 3 is 2.47 bits per heavy atom. The van der Waals surface area contributed by atoms with Crippen molar-refractivity contribution in [2.75, 3.05) is 5.75 Å². The Balaban J connectivity index is 2.14. The van der Waals surface area contributed by atoms with Crippen molar-refractivity contribution in [1.82, 2.24) is 29.8 Å². The molecule has 1 aromatic carbocycles. The van der Waals surface area contributed by atoms with Gasteiger partial charge in [-0.15, -0.1) is 10.2 Å². The predicted molar refractivity (Wildman–Crippen MR) is 135 cm³/mol. The van der Waals surface area contributed by atoms with Crippen molar-refractivity contribution < 1.29 is 9.59 Å². The average Bonchev–Trinajstić information content (AvgIpc) is 3.17. The van der Waals surface area contributed by atoms with Crippen molar-refractivity contribution in [3.63, 3.8) is 0 Å². The SMILES string of the molecule is CCC(C)NC(=O)c1ccc2c(=O)n(CC(C)C)c3nnc(SCC(=O)NC(C)(C)C)n3c2c1. The van der Waals surface area contributed by atoms with E-state index in [1.165, 1.54) is 11.8 Å². The summed E-state index contributed by atoms with van der Waals surface area (Å²) in [6.07, 6.45) is 0.812. The molecule has 2 N–H and O–H groups in total. The molecule has 0 aliphatic carbocycles. The molecule has 0 spiro atoms. The lowest BCUT2D eigenvalue weighted by Crippen LogP contribution is -2.41. The number of amides is 2. The van der Waals surface area contributed by atoms with Gasteiger partial charge in [0.1, 0.15) is 0 Å². The molecule has 2 aromatic heterocycles. The van der Waals surface area contributed by atoms with Crippen LogP contribution in [0.15, 0.2) is 28.2 Å². The van der Waals surface area contributed by atoms with Gasteiger partial charge >= 0.3 is 0 Å². The fourth-order valence-corrected chi connectivity index (χ4v) is 4.28. The molecule has 2 heterocycles. The molecule has 0 fully saturated rings.